The van der Waals surface area contributed by atoms with Crippen molar-refractivity contribution in [1.29, 1.82) is 0 Å². The Hall–Kier alpha value is -2.36. The maximum Gasteiger partial charge on any atom is 0.169 e. The Bertz CT molecular complexity index is 623. The van der Waals surface area contributed by atoms with Crippen molar-refractivity contribution in [2.75, 3.05) is 6.61 Å². The number of halogens is 1. The van der Waals surface area contributed by atoms with E-state index in [1.807, 2.05) is 13.0 Å². The minimum atomic E-state index is -0.580. The number of hydrogen-bond donors (Lipinski definition) is 0. The van der Waals surface area contributed by atoms with E-state index in [4.69, 9.17) is 9.47 Å². The molecule has 2 aromatic rings. The number of hydrogen-bond acceptors (Lipinski definition) is 3. The third-order valence-electron chi connectivity index (χ3n) is 2.71. The average Bonchev–Trinajstić information content (AvgIpc) is 2.43. The van der Waals surface area contributed by atoms with E-state index in [9.17, 15) is 9.18 Å². The molecule has 0 radical (unpaired) electrons. The first-order valence-electron chi connectivity index (χ1n) is 6.32. The maximum atomic E-state index is 13.9. The van der Waals surface area contributed by atoms with Gasteiger partial charge in [-0.05, 0) is 44.2 Å². The van der Waals surface area contributed by atoms with Gasteiger partial charge >= 0.3 is 0 Å². The molecule has 0 aliphatic heterocycles. The fourth-order valence-electron chi connectivity index (χ4n) is 1.73. The summed E-state index contributed by atoms with van der Waals surface area (Å²) in [6, 6.07) is 11.2. The van der Waals surface area contributed by atoms with Crippen molar-refractivity contribution in [3.05, 3.63) is 53.8 Å². The van der Waals surface area contributed by atoms with Crippen LogP contribution in [0.15, 0.2) is 42.5 Å². The molecule has 0 fully saturated rings. The Morgan fingerprint density at radius 2 is 1.80 bits per heavy atom. The van der Waals surface area contributed by atoms with E-state index in [0.717, 1.165) is 0 Å². The van der Waals surface area contributed by atoms with Crippen LogP contribution >= 0.6 is 0 Å². The molecule has 0 saturated heterocycles. The summed E-state index contributed by atoms with van der Waals surface area (Å²) in [4.78, 5) is 11.2. The second kappa shape index (κ2) is 6.19. The van der Waals surface area contributed by atoms with Crippen LogP contribution in [0.3, 0.4) is 0 Å². The average molecular weight is 274 g/mol. The summed E-state index contributed by atoms with van der Waals surface area (Å²) >= 11 is 0. The molecule has 104 valence electrons. The van der Waals surface area contributed by atoms with E-state index >= 15 is 0 Å². The molecule has 0 aliphatic rings. The van der Waals surface area contributed by atoms with Gasteiger partial charge in [0.2, 0.25) is 0 Å². The second-order valence-electron chi connectivity index (χ2n) is 4.18. The molecule has 4 heteroatoms. The lowest BCUT2D eigenvalue weighted by molar-refractivity contribution is 0.101. The lowest BCUT2D eigenvalue weighted by atomic mass is 10.1. The molecule has 0 bridgehead atoms. The number of ketones is 1. The van der Waals surface area contributed by atoms with E-state index in [-0.39, 0.29) is 11.5 Å². The van der Waals surface area contributed by atoms with E-state index in [1.54, 1.807) is 18.2 Å². The number of benzene rings is 2. The van der Waals surface area contributed by atoms with Gasteiger partial charge in [0, 0.05) is 5.56 Å². The largest absolute Gasteiger partial charge is 0.490 e. The number of carbonyl (C=O) groups excluding carboxylic acids is 1. The summed E-state index contributed by atoms with van der Waals surface area (Å²) in [6.07, 6.45) is 0. The Morgan fingerprint density at radius 3 is 2.40 bits per heavy atom. The van der Waals surface area contributed by atoms with Gasteiger partial charge in [0.1, 0.15) is 0 Å². The van der Waals surface area contributed by atoms with E-state index in [2.05, 4.69) is 0 Å². The van der Waals surface area contributed by atoms with E-state index < -0.39 is 5.82 Å². The Morgan fingerprint density at radius 1 is 1.10 bits per heavy atom. The summed E-state index contributed by atoms with van der Waals surface area (Å²) in [7, 11) is 0. The van der Waals surface area contributed by atoms with Gasteiger partial charge in [0.25, 0.3) is 0 Å². The smallest absolute Gasteiger partial charge is 0.169 e. The van der Waals surface area contributed by atoms with Crippen molar-refractivity contribution < 1.29 is 18.7 Å². The monoisotopic (exact) mass is 274 g/mol. The van der Waals surface area contributed by atoms with E-state index in [0.29, 0.717) is 23.7 Å². The Kier molecular flexibility index (Phi) is 4.35. The summed E-state index contributed by atoms with van der Waals surface area (Å²) in [6.45, 7) is 3.74. The molecule has 0 saturated carbocycles. The predicted octanol–water partition coefficient (Wildman–Crippen LogP) is 4.22. The molecule has 0 atom stereocenters. The molecule has 0 aliphatic carbocycles. The highest BCUT2D eigenvalue weighted by atomic mass is 19.1. The molecule has 0 spiro atoms. The summed E-state index contributed by atoms with van der Waals surface area (Å²) in [5, 5.41) is 0. The quantitative estimate of drug-likeness (QED) is 0.766. The van der Waals surface area contributed by atoms with Crippen molar-refractivity contribution in [3.63, 3.8) is 0 Å². The Balaban J connectivity index is 2.28. The highest BCUT2D eigenvalue weighted by Crippen LogP contribution is 2.32. The van der Waals surface area contributed by atoms with Crippen LogP contribution in [0.4, 0.5) is 4.39 Å². The minimum absolute atomic E-state index is 0.0575. The first-order valence-corrected chi connectivity index (χ1v) is 6.32. The number of para-hydroxylation sites is 2. The molecule has 2 rings (SSSR count). The molecular weight excluding hydrogens is 259 g/mol. The van der Waals surface area contributed by atoms with Crippen LogP contribution < -0.4 is 9.47 Å². The van der Waals surface area contributed by atoms with Crippen LogP contribution in [0.1, 0.15) is 24.2 Å². The highest BCUT2D eigenvalue weighted by molar-refractivity contribution is 5.94. The highest BCUT2D eigenvalue weighted by Gasteiger charge is 2.11. The first-order chi connectivity index (χ1) is 9.61. The first kappa shape index (κ1) is 14.1. The SMILES string of the molecule is CCOc1ccccc1Oc1ccc(C(C)=O)cc1F. The number of carbonyl (C=O) groups is 1. The van der Waals surface area contributed by atoms with Gasteiger partial charge in [-0.2, -0.15) is 0 Å². The van der Waals surface area contributed by atoms with E-state index in [1.165, 1.54) is 25.1 Å². The van der Waals surface area contributed by atoms with Gasteiger partial charge in [-0.15, -0.1) is 0 Å². The van der Waals surface area contributed by atoms with Gasteiger partial charge in [-0.25, -0.2) is 4.39 Å². The molecule has 0 unspecified atom stereocenters. The van der Waals surface area contributed by atoms with Crippen LogP contribution in [-0.2, 0) is 0 Å². The van der Waals surface area contributed by atoms with Crippen LogP contribution in [0.25, 0.3) is 0 Å². The lowest BCUT2D eigenvalue weighted by Crippen LogP contribution is -1.97. The zero-order chi connectivity index (χ0) is 14.5. The Labute approximate surface area is 117 Å². The van der Waals surface area contributed by atoms with Crippen LogP contribution in [-0.4, -0.2) is 12.4 Å². The second-order valence-corrected chi connectivity index (χ2v) is 4.18. The van der Waals surface area contributed by atoms with Crippen molar-refractivity contribution in [2.24, 2.45) is 0 Å². The predicted molar refractivity (Wildman–Crippen MR) is 74.1 cm³/mol. The molecule has 2 aromatic carbocycles. The maximum absolute atomic E-state index is 13.9. The third kappa shape index (κ3) is 3.15. The van der Waals surface area contributed by atoms with Crippen molar-refractivity contribution in [2.45, 2.75) is 13.8 Å². The van der Waals surface area contributed by atoms with Crippen LogP contribution in [0.2, 0.25) is 0 Å². The van der Waals surface area contributed by atoms with Crippen LogP contribution in [0.5, 0.6) is 17.2 Å². The van der Waals surface area contributed by atoms with Gasteiger partial charge in [-0.1, -0.05) is 12.1 Å². The standard InChI is InChI=1S/C16H15FO3/c1-3-19-15-6-4-5-7-16(15)20-14-9-8-12(11(2)18)10-13(14)17/h4-10H,3H2,1-2H3. The molecule has 20 heavy (non-hydrogen) atoms. The summed E-state index contributed by atoms with van der Waals surface area (Å²) in [5.41, 5.74) is 0.313. The lowest BCUT2D eigenvalue weighted by Gasteiger charge is -2.12. The molecular formula is C16H15FO3. The minimum Gasteiger partial charge on any atom is -0.490 e. The number of rotatable bonds is 5. The molecule has 0 aromatic heterocycles. The topological polar surface area (TPSA) is 35.5 Å². The van der Waals surface area contributed by atoms with Crippen molar-refractivity contribution in [3.8, 4) is 17.2 Å². The van der Waals surface area contributed by atoms with Crippen LogP contribution in [0, 0.1) is 5.82 Å². The fraction of sp³-hybridized carbons (Fsp3) is 0.188. The zero-order valence-corrected chi connectivity index (χ0v) is 11.4. The van der Waals surface area contributed by atoms with Gasteiger partial charge in [0.05, 0.1) is 6.61 Å². The number of Topliss-reactive ketones (excluding diaryl/α,β-unsaturated/α-hetero) is 1. The molecule has 3 nitrogen and oxygen atoms in total. The molecule has 0 heterocycles. The van der Waals surface area contributed by atoms with Crippen molar-refractivity contribution in [1.82, 2.24) is 0 Å². The normalized spacial score (nSPS) is 10.2. The third-order valence-corrected chi connectivity index (χ3v) is 2.71. The van der Waals surface area contributed by atoms with Crippen molar-refractivity contribution >= 4 is 5.78 Å². The zero-order valence-electron chi connectivity index (χ0n) is 11.4. The molecule has 0 amide bonds. The van der Waals surface area contributed by atoms with Gasteiger partial charge < -0.3 is 9.47 Å². The summed E-state index contributed by atoms with van der Waals surface area (Å²) < 4.78 is 24.8. The molecule has 0 N–H and O–H groups in total. The summed E-state index contributed by atoms with van der Waals surface area (Å²) in [5.74, 6) is 0.269. The fourth-order valence-corrected chi connectivity index (χ4v) is 1.73. The van der Waals surface area contributed by atoms with Gasteiger partial charge in [-0.3, -0.25) is 4.79 Å². The van der Waals surface area contributed by atoms with Gasteiger partial charge in [0.15, 0.2) is 28.8 Å². The number of ether oxygens (including phenoxy) is 2.